The molecule has 0 aliphatic rings. The van der Waals surface area contributed by atoms with Gasteiger partial charge in [0, 0.05) is 47.4 Å². The highest BCUT2D eigenvalue weighted by molar-refractivity contribution is 14.1. The SMILES string of the molecule is Ic1ccc(-c2ccc3ccc4ccc(-c5cccc(-c6ccc7ccc8ccc(-c9ccccc9)nc8c7n6)c5)nc4c3n2)cc1. The molecular formula is C42H25IN4. The summed E-state index contributed by atoms with van der Waals surface area (Å²) in [7, 11) is 0. The predicted octanol–water partition coefficient (Wildman–Crippen LogP) is 11.2. The Morgan fingerprint density at radius 1 is 0.298 bits per heavy atom. The summed E-state index contributed by atoms with van der Waals surface area (Å²) in [5, 5.41) is 4.27. The van der Waals surface area contributed by atoms with Gasteiger partial charge in [-0.3, -0.25) is 0 Å². The van der Waals surface area contributed by atoms with Crippen LogP contribution in [0.5, 0.6) is 0 Å². The highest BCUT2D eigenvalue weighted by Gasteiger charge is 2.12. The van der Waals surface area contributed by atoms with Crippen molar-refractivity contribution < 1.29 is 0 Å². The van der Waals surface area contributed by atoms with Crippen molar-refractivity contribution in [3.05, 3.63) is 155 Å². The maximum atomic E-state index is 5.19. The fourth-order valence-electron chi connectivity index (χ4n) is 6.25. The molecule has 0 amide bonds. The Bertz CT molecular complexity index is 2630. The lowest BCUT2D eigenvalue weighted by Gasteiger charge is -2.10. The van der Waals surface area contributed by atoms with Crippen LogP contribution < -0.4 is 0 Å². The molecule has 5 aromatic carbocycles. The standard InChI is InChI=1S/C42H25IN4/c43-34-19-13-27(14-20-34)36-22-16-29-10-12-31-18-24-38(47-42(31)40(29)45-36)33-8-4-7-32(25-33)37-23-17-30-11-9-28-15-21-35(26-5-2-1-3-6-26)44-39(28)41(30)46-37/h1-25H. The fourth-order valence-corrected chi connectivity index (χ4v) is 6.61. The van der Waals surface area contributed by atoms with Crippen LogP contribution in [0.1, 0.15) is 0 Å². The van der Waals surface area contributed by atoms with E-state index >= 15 is 0 Å². The third-order valence-electron chi connectivity index (χ3n) is 8.70. The van der Waals surface area contributed by atoms with Crippen molar-refractivity contribution in [1.82, 2.24) is 19.9 Å². The first-order chi connectivity index (χ1) is 23.2. The molecule has 9 rings (SSSR count). The van der Waals surface area contributed by atoms with E-state index < -0.39 is 0 Å². The molecule has 0 bridgehead atoms. The second kappa shape index (κ2) is 11.4. The van der Waals surface area contributed by atoms with Crippen molar-refractivity contribution in [3.63, 3.8) is 0 Å². The van der Waals surface area contributed by atoms with Gasteiger partial charge in [-0.05, 0) is 65.1 Å². The van der Waals surface area contributed by atoms with Crippen molar-refractivity contribution >= 4 is 66.2 Å². The molecule has 9 aromatic rings. The molecule has 4 aromatic heterocycles. The molecule has 0 fully saturated rings. The van der Waals surface area contributed by atoms with Crippen LogP contribution in [-0.4, -0.2) is 19.9 Å². The van der Waals surface area contributed by atoms with Crippen LogP contribution in [0, 0.1) is 3.57 Å². The van der Waals surface area contributed by atoms with Crippen LogP contribution in [0.3, 0.4) is 0 Å². The van der Waals surface area contributed by atoms with Crippen LogP contribution in [0.25, 0.3) is 88.6 Å². The van der Waals surface area contributed by atoms with E-state index in [0.29, 0.717) is 0 Å². The van der Waals surface area contributed by atoms with Crippen LogP contribution in [0.15, 0.2) is 152 Å². The van der Waals surface area contributed by atoms with E-state index in [2.05, 4.69) is 156 Å². The topological polar surface area (TPSA) is 51.6 Å². The summed E-state index contributed by atoms with van der Waals surface area (Å²) in [5.41, 5.74) is 11.5. The number of fused-ring (bicyclic) bond motifs is 6. The molecule has 47 heavy (non-hydrogen) atoms. The van der Waals surface area contributed by atoms with Gasteiger partial charge in [-0.2, -0.15) is 0 Å². The Hall–Kier alpha value is -5.53. The average Bonchev–Trinajstić information content (AvgIpc) is 3.14. The minimum Gasteiger partial charge on any atom is -0.245 e. The van der Waals surface area contributed by atoms with Gasteiger partial charge in [0.15, 0.2) is 0 Å². The average molecular weight is 713 g/mol. The zero-order valence-corrected chi connectivity index (χ0v) is 27.3. The third-order valence-corrected chi connectivity index (χ3v) is 9.42. The summed E-state index contributed by atoms with van der Waals surface area (Å²) in [6.07, 6.45) is 0. The van der Waals surface area contributed by atoms with Crippen LogP contribution in [-0.2, 0) is 0 Å². The summed E-state index contributed by atoms with van der Waals surface area (Å²) in [4.78, 5) is 20.6. The number of aromatic nitrogens is 4. The van der Waals surface area contributed by atoms with Crippen LogP contribution >= 0.6 is 22.6 Å². The van der Waals surface area contributed by atoms with E-state index in [4.69, 9.17) is 19.9 Å². The van der Waals surface area contributed by atoms with Gasteiger partial charge in [0.2, 0.25) is 0 Å². The van der Waals surface area contributed by atoms with Crippen molar-refractivity contribution in [1.29, 1.82) is 0 Å². The molecule has 0 atom stereocenters. The van der Waals surface area contributed by atoms with Crippen molar-refractivity contribution in [2.45, 2.75) is 0 Å². The number of benzene rings is 5. The second-order valence-electron chi connectivity index (χ2n) is 11.7. The Balaban J connectivity index is 1.14. The van der Waals surface area contributed by atoms with Gasteiger partial charge in [0.1, 0.15) is 0 Å². The first kappa shape index (κ1) is 27.8. The monoisotopic (exact) mass is 712 g/mol. The quantitative estimate of drug-likeness (QED) is 0.135. The van der Waals surface area contributed by atoms with Gasteiger partial charge >= 0.3 is 0 Å². The molecule has 4 heterocycles. The maximum Gasteiger partial charge on any atom is 0.0972 e. The summed E-state index contributed by atoms with van der Waals surface area (Å²) in [6, 6.07) is 52.6. The zero-order valence-electron chi connectivity index (χ0n) is 25.1. The van der Waals surface area contributed by atoms with Gasteiger partial charge in [0.05, 0.1) is 44.8 Å². The van der Waals surface area contributed by atoms with Gasteiger partial charge in [-0.15, -0.1) is 0 Å². The van der Waals surface area contributed by atoms with Crippen LogP contribution in [0.2, 0.25) is 0 Å². The number of rotatable bonds is 4. The minimum absolute atomic E-state index is 0.897. The third kappa shape index (κ3) is 5.09. The number of hydrogen-bond acceptors (Lipinski definition) is 4. The van der Waals surface area contributed by atoms with Crippen molar-refractivity contribution in [3.8, 4) is 45.0 Å². The lowest BCUT2D eigenvalue weighted by molar-refractivity contribution is 1.35. The number of halogens is 1. The normalized spacial score (nSPS) is 11.5. The molecule has 4 nitrogen and oxygen atoms in total. The van der Waals surface area contributed by atoms with E-state index in [1.807, 2.05) is 18.2 Å². The molecular weight excluding hydrogens is 687 g/mol. The smallest absolute Gasteiger partial charge is 0.0972 e. The van der Waals surface area contributed by atoms with Gasteiger partial charge in [0.25, 0.3) is 0 Å². The van der Waals surface area contributed by atoms with E-state index in [-0.39, 0.29) is 0 Å². The molecule has 220 valence electrons. The van der Waals surface area contributed by atoms with Crippen molar-refractivity contribution in [2.75, 3.05) is 0 Å². The summed E-state index contributed by atoms with van der Waals surface area (Å²) in [5.74, 6) is 0. The van der Waals surface area contributed by atoms with Crippen LogP contribution in [0.4, 0.5) is 0 Å². The summed E-state index contributed by atoms with van der Waals surface area (Å²) in [6.45, 7) is 0. The van der Waals surface area contributed by atoms with Crippen molar-refractivity contribution in [2.24, 2.45) is 0 Å². The molecule has 0 saturated heterocycles. The molecule has 0 spiro atoms. The molecule has 0 N–H and O–H groups in total. The molecule has 0 aliphatic heterocycles. The maximum absolute atomic E-state index is 5.19. The molecule has 0 unspecified atom stereocenters. The molecule has 0 aliphatic carbocycles. The van der Waals surface area contributed by atoms with Gasteiger partial charge in [-0.1, -0.05) is 109 Å². The number of nitrogens with zero attached hydrogens (tertiary/aromatic N) is 4. The zero-order chi connectivity index (χ0) is 31.3. The summed E-state index contributed by atoms with van der Waals surface area (Å²) < 4.78 is 1.20. The molecule has 0 radical (unpaired) electrons. The largest absolute Gasteiger partial charge is 0.245 e. The first-order valence-corrected chi connectivity index (χ1v) is 16.6. The number of pyridine rings is 4. The summed E-state index contributed by atoms with van der Waals surface area (Å²) >= 11 is 2.33. The first-order valence-electron chi connectivity index (χ1n) is 15.5. The Morgan fingerprint density at radius 3 is 1.06 bits per heavy atom. The highest BCUT2D eigenvalue weighted by atomic mass is 127. The van der Waals surface area contributed by atoms with E-state index in [9.17, 15) is 0 Å². The van der Waals surface area contributed by atoms with E-state index in [0.717, 1.165) is 88.6 Å². The van der Waals surface area contributed by atoms with E-state index in [1.165, 1.54) is 3.57 Å². The lowest BCUT2D eigenvalue weighted by Crippen LogP contribution is -1.92. The Kier molecular flexibility index (Phi) is 6.71. The lowest BCUT2D eigenvalue weighted by atomic mass is 10.0. The highest BCUT2D eigenvalue weighted by Crippen LogP contribution is 2.32. The van der Waals surface area contributed by atoms with Gasteiger partial charge < -0.3 is 0 Å². The number of hydrogen-bond donors (Lipinski definition) is 0. The predicted molar refractivity (Wildman–Crippen MR) is 202 cm³/mol. The molecule has 5 heteroatoms. The van der Waals surface area contributed by atoms with Gasteiger partial charge in [-0.25, -0.2) is 19.9 Å². The molecule has 0 saturated carbocycles. The second-order valence-corrected chi connectivity index (χ2v) is 12.9. The fraction of sp³-hybridized carbons (Fsp3) is 0. The van der Waals surface area contributed by atoms with E-state index in [1.54, 1.807) is 0 Å². The Morgan fingerprint density at radius 2 is 0.638 bits per heavy atom. The Labute approximate surface area is 285 Å². The minimum atomic E-state index is 0.897.